The van der Waals surface area contributed by atoms with Crippen LogP contribution in [0.3, 0.4) is 0 Å². The molecule has 0 saturated heterocycles. The van der Waals surface area contributed by atoms with E-state index < -0.39 is 11.8 Å². The molecule has 0 aromatic heterocycles. The van der Waals surface area contributed by atoms with Crippen LogP contribution >= 0.6 is 23.2 Å². The van der Waals surface area contributed by atoms with Gasteiger partial charge in [0.05, 0.1) is 5.02 Å². The molecular weight excluding hydrogens is 427 g/mol. The molecule has 0 radical (unpaired) electrons. The molecule has 3 aromatic carbocycles. The lowest BCUT2D eigenvalue weighted by Crippen LogP contribution is -2.45. The van der Waals surface area contributed by atoms with Crippen LogP contribution < -0.4 is 20.3 Å². The highest BCUT2D eigenvalue weighted by Crippen LogP contribution is 2.27. The smallest absolute Gasteiger partial charge is 0.276 e. The normalized spacial score (nSPS) is 10.2. The summed E-state index contributed by atoms with van der Waals surface area (Å²) in [6.07, 6.45) is 0. The Balaban J connectivity index is 1.38. The quantitative estimate of drug-likeness (QED) is 0.533. The monoisotopic (exact) mass is 444 g/mol. The molecule has 3 rings (SSSR count). The summed E-state index contributed by atoms with van der Waals surface area (Å²) < 4.78 is 10.7. The summed E-state index contributed by atoms with van der Waals surface area (Å²) in [5, 5.41) is 0.741. The van der Waals surface area contributed by atoms with Crippen LogP contribution in [0.15, 0.2) is 72.8 Å². The number of amides is 2. The largest absolute Gasteiger partial charge is 0.484 e. The van der Waals surface area contributed by atoms with Crippen molar-refractivity contribution < 1.29 is 19.1 Å². The zero-order chi connectivity index (χ0) is 21.3. The molecule has 0 saturated carbocycles. The molecule has 0 heterocycles. The van der Waals surface area contributed by atoms with E-state index in [4.69, 9.17) is 32.7 Å². The SMILES string of the molecule is O=C(COc1ccc(-c2ccccc2)cc1)NNC(=O)COc1ccc(Cl)cc1Cl. The maximum absolute atomic E-state index is 11.8. The molecule has 0 aliphatic heterocycles. The van der Waals surface area contributed by atoms with E-state index in [1.165, 1.54) is 6.07 Å². The molecule has 0 atom stereocenters. The van der Waals surface area contributed by atoms with Crippen LogP contribution in [0.1, 0.15) is 0 Å². The zero-order valence-electron chi connectivity index (χ0n) is 15.7. The second-order valence-corrected chi connectivity index (χ2v) is 6.98. The molecule has 2 amide bonds. The molecule has 6 nitrogen and oxygen atoms in total. The molecule has 0 bridgehead atoms. The van der Waals surface area contributed by atoms with Gasteiger partial charge in [0.15, 0.2) is 13.2 Å². The third-order valence-corrected chi connectivity index (χ3v) is 4.46. The molecule has 8 heteroatoms. The molecule has 0 unspecified atom stereocenters. The summed E-state index contributed by atoms with van der Waals surface area (Å²) in [6.45, 7) is -0.585. The molecular formula is C22H18Cl2N2O4. The minimum atomic E-state index is -0.554. The fraction of sp³-hybridized carbons (Fsp3) is 0.0909. The van der Waals surface area contributed by atoms with Crippen molar-refractivity contribution in [1.82, 2.24) is 10.9 Å². The Labute approximate surface area is 183 Å². The molecule has 3 aromatic rings. The Morgan fingerprint density at radius 3 is 1.97 bits per heavy atom. The predicted molar refractivity (Wildman–Crippen MR) is 116 cm³/mol. The van der Waals surface area contributed by atoms with E-state index in [2.05, 4.69) is 10.9 Å². The van der Waals surface area contributed by atoms with Crippen molar-refractivity contribution in [2.24, 2.45) is 0 Å². The molecule has 0 fully saturated rings. The van der Waals surface area contributed by atoms with E-state index in [0.717, 1.165) is 11.1 Å². The topological polar surface area (TPSA) is 76.7 Å². The standard InChI is InChI=1S/C22H18Cl2N2O4/c23-17-8-11-20(19(24)12-17)30-14-22(28)26-25-21(27)13-29-18-9-6-16(7-10-18)15-4-2-1-3-5-15/h1-12H,13-14H2,(H,25,27)(H,26,28). The third kappa shape index (κ3) is 6.40. The molecule has 0 spiro atoms. The average Bonchev–Trinajstić information content (AvgIpc) is 2.76. The van der Waals surface area contributed by atoms with Crippen molar-refractivity contribution in [2.45, 2.75) is 0 Å². The van der Waals surface area contributed by atoms with Crippen LogP contribution in [0, 0.1) is 0 Å². The van der Waals surface area contributed by atoms with Crippen molar-refractivity contribution in [3.8, 4) is 22.6 Å². The predicted octanol–water partition coefficient (Wildman–Crippen LogP) is 4.27. The lowest BCUT2D eigenvalue weighted by molar-refractivity contribution is -0.131. The van der Waals surface area contributed by atoms with Crippen LogP contribution in [0.2, 0.25) is 10.0 Å². The molecule has 2 N–H and O–H groups in total. The van der Waals surface area contributed by atoms with Gasteiger partial charge in [0.1, 0.15) is 11.5 Å². The highest BCUT2D eigenvalue weighted by molar-refractivity contribution is 6.35. The fourth-order valence-corrected chi connectivity index (χ4v) is 2.93. The van der Waals surface area contributed by atoms with Crippen molar-refractivity contribution in [1.29, 1.82) is 0 Å². The maximum atomic E-state index is 11.8. The second-order valence-electron chi connectivity index (χ2n) is 6.14. The first-order valence-electron chi connectivity index (χ1n) is 8.95. The van der Waals surface area contributed by atoms with Crippen molar-refractivity contribution in [3.63, 3.8) is 0 Å². The molecule has 0 aliphatic rings. The maximum Gasteiger partial charge on any atom is 0.276 e. The Hall–Kier alpha value is -3.22. The molecule has 0 aliphatic carbocycles. The van der Waals surface area contributed by atoms with Crippen molar-refractivity contribution in [3.05, 3.63) is 82.8 Å². The number of hydrogen-bond donors (Lipinski definition) is 2. The van der Waals surface area contributed by atoms with E-state index in [0.29, 0.717) is 16.5 Å². The minimum Gasteiger partial charge on any atom is -0.484 e. The Kier molecular flexibility index (Phi) is 7.54. The summed E-state index contributed by atoms with van der Waals surface area (Å²) in [4.78, 5) is 23.6. The van der Waals surface area contributed by atoms with Gasteiger partial charge in [0.2, 0.25) is 0 Å². The lowest BCUT2D eigenvalue weighted by Gasteiger charge is -2.11. The van der Waals surface area contributed by atoms with E-state index in [-0.39, 0.29) is 18.2 Å². The average molecular weight is 445 g/mol. The Morgan fingerprint density at radius 1 is 0.733 bits per heavy atom. The minimum absolute atomic E-state index is 0.255. The van der Waals surface area contributed by atoms with E-state index >= 15 is 0 Å². The number of carbonyl (C=O) groups is 2. The number of halogens is 2. The van der Waals surface area contributed by atoms with Crippen LogP contribution in [0.5, 0.6) is 11.5 Å². The van der Waals surface area contributed by atoms with E-state index in [1.807, 2.05) is 42.5 Å². The van der Waals surface area contributed by atoms with E-state index in [1.54, 1.807) is 24.3 Å². The van der Waals surface area contributed by atoms with Gasteiger partial charge in [0.25, 0.3) is 11.8 Å². The fourth-order valence-electron chi connectivity index (χ4n) is 2.47. The first kappa shape index (κ1) is 21.5. The lowest BCUT2D eigenvalue weighted by atomic mass is 10.1. The van der Waals surface area contributed by atoms with E-state index in [9.17, 15) is 9.59 Å². The van der Waals surface area contributed by atoms with Crippen LogP contribution in [-0.2, 0) is 9.59 Å². The first-order chi connectivity index (χ1) is 14.5. The van der Waals surface area contributed by atoms with Crippen LogP contribution in [0.4, 0.5) is 0 Å². The Morgan fingerprint density at radius 2 is 1.33 bits per heavy atom. The van der Waals surface area contributed by atoms with Crippen LogP contribution in [0.25, 0.3) is 11.1 Å². The second kappa shape index (κ2) is 10.5. The van der Waals surface area contributed by atoms with Gasteiger partial charge in [-0.1, -0.05) is 65.7 Å². The highest BCUT2D eigenvalue weighted by atomic mass is 35.5. The van der Waals surface area contributed by atoms with Gasteiger partial charge in [-0.3, -0.25) is 20.4 Å². The van der Waals surface area contributed by atoms with Gasteiger partial charge >= 0.3 is 0 Å². The van der Waals surface area contributed by atoms with Gasteiger partial charge < -0.3 is 9.47 Å². The number of nitrogens with one attached hydrogen (secondary N) is 2. The van der Waals surface area contributed by atoms with Crippen LogP contribution in [-0.4, -0.2) is 25.0 Å². The number of hydrogen-bond acceptors (Lipinski definition) is 4. The molecule has 30 heavy (non-hydrogen) atoms. The number of ether oxygens (including phenoxy) is 2. The van der Waals surface area contributed by atoms with Crippen molar-refractivity contribution >= 4 is 35.0 Å². The number of benzene rings is 3. The third-order valence-electron chi connectivity index (χ3n) is 3.93. The van der Waals surface area contributed by atoms with Gasteiger partial charge in [0, 0.05) is 5.02 Å². The summed E-state index contributed by atoms with van der Waals surface area (Å²) in [6, 6.07) is 21.9. The van der Waals surface area contributed by atoms with Crippen molar-refractivity contribution in [2.75, 3.05) is 13.2 Å². The Bertz CT molecular complexity index is 1010. The van der Waals surface area contributed by atoms with Gasteiger partial charge in [-0.15, -0.1) is 0 Å². The summed E-state index contributed by atoms with van der Waals surface area (Å²) in [7, 11) is 0. The number of rotatable bonds is 7. The zero-order valence-corrected chi connectivity index (χ0v) is 17.2. The van der Waals surface area contributed by atoms with Gasteiger partial charge in [-0.05, 0) is 41.5 Å². The number of hydrazine groups is 1. The summed E-state index contributed by atoms with van der Waals surface area (Å²) in [5.41, 5.74) is 6.62. The van der Waals surface area contributed by atoms with Gasteiger partial charge in [-0.25, -0.2) is 0 Å². The summed E-state index contributed by atoms with van der Waals surface area (Å²) >= 11 is 11.8. The highest BCUT2D eigenvalue weighted by Gasteiger charge is 2.09. The first-order valence-corrected chi connectivity index (χ1v) is 9.70. The summed E-state index contributed by atoms with van der Waals surface area (Å²) in [5.74, 6) is -0.219. The number of carbonyl (C=O) groups excluding carboxylic acids is 2. The molecule has 154 valence electrons. The van der Waals surface area contributed by atoms with Gasteiger partial charge in [-0.2, -0.15) is 0 Å².